The zero-order valence-electron chi connectivity index (χ0n) is 15.0. The number of hydrogen-bond donors (Lipinski definition) is 1. The molecule has 7 heteroatoms. The van der Waals surface area contributed by atoms with Crippen molar-refractivity contribution in [3.63, 3.8) is 0 Å². The molecule has 0 fully saturated rings. The second-order valence-corrected chi connectivity index (χ2v) is 9.88. The van der Waals surface area contributed by atoms with E-state index in [0.717, 1.165) is 44.1 Å². The Morgan fingerprint density at radius 2 is 2.04 bits per heavy atom. The Kier molecular flexibility index (Phi) is 4.94. The number of thiazole rings is 1. The first-order chi connectivity index (χ1) is 12.5. The van der Waals surface area contributed by atoms with Gasteiger partial charge in [0.2, 0.25) is 0 Å². The van der Waals surface area contributed by atoms with Gasteiger partial charge in [-0.2, -0.15) is 11.8 Å². The molecule has 0 radical (unpaired) electrons. The van der Waals surface area contributed by atoms with E-state index in [9.17, 15) is 4.79 Å². The van der Waals surface area contributed by atoms with E-state index >= 15 is 0 Å². The number of fused-ring (bicyclic) bond motifs is 1. The summed E-state index contributed by atoms with van der Waals surface area (Å²) in [5, 5.41) is 5.29. The Bertz CT molecular complexity index is 940. The van der Waals surface area contributed by atoms with Crippen LogP contribution in [0.25, 0.3) is 5.00 Å². The van der Waals surface area contributed by atoms with Crippen molar-refractivity contribution in [3.05, 3.63) is 56.1 Å². The van der Waals surface area contributed by atoms with E-state index in [1.807, 2.05) is 57.1 Å². The van der Waals surface area contributed by atoms with Crippen LogP contribution in [-0.2, 0) is 12.2 Å². The molecule has 4 rings (SSSR count). The fourth-order valence-electron chi connectivity index (χ4n) is 3.39. The minimum atomic E-state index is -0.0419. The van der Waals surface area contributed by atoms with Gasteiger partial charge >= 0.3 is 0 Å². The van der Waals surface area contributed by atoms with E-state index in [1.54, 1.807) is 22.7 Å². The summed E-state index contributed by atoms with van der Waals surface area (Å²) < 4.78 is 2.06. The van der Waals surface area contributed by atoms with Crippen LogP contribution in [0.3, 0.4) is 0 Å². The molecule has 3 aromatic rings. The molecule has 136 valence electrons. The molecule has 1 aliphatic rings. The first-order valence-electron chi connectivity index (χ1n) is 8.65. The molecular formula is C19H21N3OS3. The SMILES string of the molecule is Cc1nc(C)c(C(C)NC(=O)c2c(-n3cccc3)sc3c2CCSC3)s1. The Balaban J connectivity index is 1.69. The number of carbonyl (C=O) groups is 1. The Morgan fingerprint density at radius 1 is 1.27 bits per heavy atom. The molecule has 4 heterocycles. The lowest BCUT2D eigenvalue weighted by molar-refractivity contribution is 0.0940. The van der Waals surface area contributed by atoms with Crippen LogP contribution in [-0.4, -0.2) is 21.2 Å². The molecule has 4 nitrogen and oxygen atoms in total. The summed E-state index contributed by atoms with van der Waals surface area (Å²) >= 11 is 5.36. The third-order valence-electron chi connectivity index (χ3n) is 4.55. The predicted octanol–water partition coefficient (Wildman–Crippen LogP) is 4.89. The van der Waals surface area contributed by atoms with E-state index in [-0.39, 0.29) is 11.9 Å². The van der Waals surface area contributed by atoms with Gasteiger partial charge in [-0.05, 0) is 50.6 Å². The van der Waals surface area contributed by atoms with Gasteiger partial charge in [0, 0.05) is 27.9 Å². The van der Waals surface area contributed by atoms with Gasteiger partial charge in [0.05, 0.1) is 22.3 Å². The molecule has 1 unspecified atom stereocenters. The van der Waals surface area contributed by atoms with Crippen molar-refractivity contribution in [2.24, 2.45) is 0 Å². The van der Waals surface area contributed by atoms with Crippen LogP contribution in [0.5, 0.6) is 0 Å². The highest BCUT2D eigenvalue weighted by Crippen LogP contribution is 2.38. The quantitative estimate of drug-likeness (QED) is 0.674. The van der Waals surface area contributed by atoms with E-state index in [0.29, 0.717) is 0 Å². The molecule has 3 aromatic heterocycles. The zero-order valence-corrected chi connectivity index (χ0v) is 17.5. The fraction of sp³-hybridized carbons (Fsp3) is 0.368. The zero-order chi connectivity index (χ0) is 18.3. The summed E-state index contributed by atoms with van der Waals surface area (Å²) in [4.78, 5) is 20.2. The summed E-state index contributed by atoms with van der Waals surface area (Å²) in [6, 6.07) is 3.96. The van der Waals surface area contributed by atoms with Gasteiger partial charge in [0.15, 0.2) is 0 Å². The third kappa shape index (κ3) is 3.23. The smallest absolute Gasteiger partial charge is 0.255 e. The van der Waals surface area contributed by atoms with Crippen LogP contribution in [0.2, 0.25) is 0 Å². The Hall–Kier alpha value is -1.57. The maximum absolute atomic E-state index is 13.3. The molecule has 0 spiro atoms. The van der Waals surface area contributed by atoms with E-state index in [4.69, 9.17) is 0 Å². The van der Waals surface area contributed by atoms with Gasteiger partial charge in [-0.3, -0.25) is 4.79 Å². The van der Waals surface area contributed by atoms with Crippen molar-refractivity contribution in [2.45, 2.75) is 39.0 Å². The lowest BCUT2D eigenvalue weighted by Crippen LogP contribution is -2.28. The monoisotopic (exact) mass is 403 g/mol. The number of thioether (sulfide) groups is 1. The molecule has 0 saturated carbocycles. The number of aromatic nitrogens is 2. The largest absolute Gasteiger partial charge is 0.345 e. The average Bonchev–Trinajstić information content (AvgIpc) is 3.32. The van der Waals surface area contributed by atoms with Gasteiger partial charge in [0.1, 0.15) is 5.00 Å². The molecule has 1 atom stereocenters. The molecule has 1 amide bonds. The number of nitrogens with zero attached hydrogens (tertiary/aromatic N) is 2. The highest BCUT2D eigenvalue weighted by Gasteiger charge is 2.27. The summed E-state index contributed by atoms with van der Waals surface area (Å²) in [6.07, 6.45) is 5.00. The lowest BCUT2D eigenvalue weighted by Gasteiger charge is -2.16. The maximum atomic E-state index is 13.3. The number of carbonyl (C=O) groups excluding carboxylic acids is 1. The topological polar surface area (TPSA) is 46.9 Å². The average molecular weight is 404 g/mol. The van der Waals surface area contributed by atoms with Crippen molar-refractivity contribution in [1.82, 2.24) is 14.9 Å². The fourth-order valence-corrected chi connectivity index (χ4v) is 6.76. The molecule has 1 N–H and O–H groups in total. The molecule has 0 bridgehead atoms. The normalized spacial score (nSPS) is 14.9. The molecule has 0 aromatic carbocycles. The summed E-state index contributed by atoms with van der Waals surface area (Å²) in [7, 11) is 0. The second kappa shape index (κ2) is 7.21. The summed E-state index contributed by atoms with van der Waals surface area (Å²) in [5.41, 5.74) is 3.10. The van der Waals surface area contributed by atoms with Crippen LogP contribution in [0, 0.1) is 13.8 Å². The van der Waals surface area contributed by atoms with Gasteiger partial charge < -0.3 is 9.88 Å². The summed E-state index contributed by atoms with van der Waals surface area (Å²) in [6.45, 7) is 6.06. The van der Waals surface area contributed by atoms with Crippen molar-refractivity contribution < 1.29 is 4.79 Å². The van der Waals surface area contributed by atoms with Crippen molar-refractivity contribution in [2.75, 3.05) is 5.75 Å². The highest BCUT2D eigenvalue weighted by atomic mass is 32.2. The molecular weight excluding hydrogens is 382 g/mol. The number of nitrogens with one attached hydrogen (secondary N) is 1. The van der Waals surface area contributed by atoms with E-state index in [1.165, 1.54) is 10.4 Å². The molecule has 26 heavy (non-hydrogen) atoms. The predicted molar refractivity (Wildman–Crippen MR) is 111 cm³/mol. The number of hydrogen-bond acceptors (Lipinski definition) is 5. The Morgan fingerprint density at radius 3 is 2.73 bits per heavy atom. The standard InChI is InChI=1S/C19H21N3OS3/c1-11-17(25-13(3)20-11)12(2)21-18(23)16-14-6-9-24-10-15(14)26-19(16)22-7-4-5-8-22/h4-5,7-8,12H,6,9-10H2,1-3H3,(H,21,23). The number of rotatable bonds is 4. The van der Waals surface area contributed by atoms with Gasteiger partial charge in [0.25, 0.3) is 5.91 Å². The molecule has 1 aliphatic heterocycles. The second-order valence-electron chi connectivity index (χ2n) is 6.45. The maximum Gasteiger partial charge on any atom is 0.255 e. The lowest BCUT2D eigenvalue weighted by atomic mass is 10.1. The van der Waals surface area contributed by atoms with Crippen molar-refractivity contribution >= 4 is 40.3 Å². The van der Waals surface area contributed by atoms with Crippen molar-refractivity contribution in [3.8, 4) is 5.00 Å². The van der Waals surface area contributed by atoms with Crippen LogP contribution in [0.4, 0.5) is 0 Å². The van der Waals surface area contributed by atoms with Crippen LogP contribution >= 0.6 is 34.4 Å². The van der Waals surface area contributed by atoms with Crippen LogP contribution in [0.1, 0.15) is 49.3 Å². The van der Waals surface area contributed by atoms with Crippen LogP contribution < -0.4 is 5.32 Å². The minimum absolute atomic E-state index is 0.0241. The number of amides is 1. The minimum Gasteiger partial charge on any atom is -0.345 e. The molecule has 0 aliphatic carbocycles. The van der Waals surface area contributed by atoms with E-state index in [2.05, 4.69) is 14.9 Å². The van der Waals surface area contributed by atoms with Gasteiger partial charge in [-0.1, -0.05) is 0 Å². The number of aryl methyl sites for hydroxylation is 2. The molecule has 0 saturated heterocycles. The first-order valence-corrected chi connectivity index (χ1v) is 11.4. The van der Waals surface area contributed by atoms with E-state index < -0.39 is 0 Å². The highest BCUT2D eigenvalue weighted by molar-refractivity contribution is 7.98. The summed E-state index contributed by atoms with van der Waals surface area (Å²) in [5.74, 6) is 2.11. The van der Waals surface area contributed by atoms with Crippen LogP contribution in [0.15, 0.2) is 24.5 Å². The third-order valence-corrected chi connectivity index (χ3v) is 8.22. The first kappa shape index (κ1) is 17.8. The number of thiophene rings is 1. The van der Waals surface area contributed by atoms with Gasteiger partial charge in [-0.15, -0.1) is 22.7 Å². The van der Waals surface area contributed by atoms with Crippen molar-refractivity contribution in [1.29, 1.82) is 0 Å². The van der Waals surface area contributed by atoms with Gasteiger partial charge in [-0.25, -0.2) is 4.98 Å². The Labute approximate surface area is 165 Å².